The number of fused-ring (bicyclic) bond motifs is 5. The van der Waals surface area contributed by atoms with E-state index in [2.05, 4.69) is 26.8 Å². The van der Waals surface area contributed by atoms with Gasteiger partial charge in [0.25, 0.3) is 0 Å². The third kappa shape index (κ3) is 3.51. The van der Waals surface area contributed by atoms with Gasteiger partial charge in [-0.1, -0.05) is 32.4 Å². The van der Waals surface area contributed by atoms with Crippen LogP contribution >= 0.6 is 0 Å². The Labute approximate surface area is 177 Å². The van der Waals surface area contributed by atoms with Crippen molar-refractivity contribution < 1.29 is 14.3 Å². The van der Waals surface area contributed by atoms with E-state index in [4.69, 9.17) is 4.74 Å². The normalized spacial score (nSPS) is 44.7. The van der Waals surface area contributed by atoms with Crippen molar-refractivity contribution in [1.29, 1.82) is 0 Å². The zero-order valence-electron chi connectivity index (χ0n) is 18.9. The quantitative estimate of drug-likeness (QED) is 0.317. The maximum absolute atomic E-state index is 11.4. The molecule has 0 heterocycles. The van der Waals surface area contributed by atoms with Crippen molar-refractivity contribution in [2.24, 2.45) is 40.4 Å². The summed E-state index contributed by atoms with van der Waals surface area (Å²) in [7, 11) is 0. The van der Waals surface area contributed by atoms with Crippen LogP contribution in [0.3, 0.4) is 0 Å². The van der Waals surface area contributed by atoms with Gasteiger partial charge in [-0.25, -0.2) is 0 Å². The number of esters is 1. The molecule has 0 radical (unpaired) electrons. The van der Waals surface area contributed by atoms with Crippen LogP contribution in [0.25, 0.3) is 0 Å². The second-order valence-electron chi connectivity index (χ2n) is 11.2. The van der Waals surface area contributed by atoms with Gasteiger partial charge in [0.1, 0.15) is 12.4 Å². The fourth-order valence-corrected chi connectivity index (χ4v) is 8.47. The fourth-order valence-electron chi connectivity index (χ4n) is 8.47. The third-order valence-electron chi connectivity index (χ3n) is 9.89. The molecule has 3 saturated carbocycles. The molecule has 0 aromatic carbocycles. The van der Waals surface area contributed by atoms with Crippen LogP contribution < -0.4 is 0 Å². The summed E-state index contributed by atoms with van der Waals surface area (Å²) < 4.78 is 5.57. The van der Waals surface area contributed by atoms with Gasteiger partial charge < -0.3 is 9.53 Å². The van der Waals surface area contributed by atoms with Gasteiger partial charge in [0.15, 0.2) is 0 Å². The van der Waals surface area contributed by atoms with E-state index in [0.29, 0.717) is 16.7 Å². The number of hydrogen-bond acceptors (Lipinski definition) is 3. The second kappa shape index (κ2) is 7.85. The van der Waals surface area contributed by atoms with Crippen molar-refractivity contribution in [2.45, 2.75) is 98.0 Å². The minimum Gasteiger partial charge on any atom is -0.462 e. The number of rotatable bonds is 5. The van der Waals surface area contributed by atoms with Gasteiger partial charge in [0.2, 0.25) is 0 Å². The first-order chi connectivity index (χ1) is 13.8. The first kappa shape index (κ1) is 21.1. The molecular formula is C26H40O3. The van der Waals surface area contributed by atoms with Crippen molar-refractivity contribution in [3.05, 3.63) is 11.6 Å². The summed E-state index contributed by atoms with van der Waals surface area (Å²) in [5.41, 5.74) is 2.34. The van der Waals surface area contributed by atoms with Crippen LogP contribution in [-0.2, 0) is 14.3 Å². The van der Waals surface area contributed by atoms with Crippen LogP contribution in [0, 0.1) is 40.4 Å². The molecule has 0 N–H and O–H groups in total. The van der Waals surface area contributed by atoms with Crippen LogP contribution in [0.1, 0.15) is 91.9 Å². The first-order valence-corrected chi connectivity index (χ1v) is 12.1. The molecule has 3 heteroatoms. The van der Waals surface area contributed by atoms with E-state index in [1.54, 1.807) is 5.57 Å². The number of carbonyl (C=O) groups is 2. The molecule has 162 valence electrons. The Morgan fingerprint density at radius 3 is 2.72 bits per heavy atom. The van der Waals surface area contributed by atoms with E-state index < -0.39 is 0 Å². The number of allylic oxidation sites excluding steroid dienone is 1. The van der Waals surface area contributed by atoms with Crippen LogP contribution in [-0.4, -0.2) is 18.4 Å². The van der Waals surface area contributed by atoms with E-state index in [1.165, 1.54) is 45.4 Å². The van der Waals surface area contributed by atoms with Gasteiger partial charge >= 0.3 is 5.97 Å². The number of ether oxygens (including phenoxy) is 1. The summed E-state index contributed by atoms with van der Waals surface area (Å²) in [6, 6.07) is 0. The van der Waals surface area contributed by atoms with Gasteiger partial charge in [-0.05, 0) is 91.8 Å². The Bertz CT molecular complexity index is 681. The summed E-state index contributed by atoms with van der Waals surface area (Å²) in [5.74, 6) is 3.76. The summed E-state index contributed by atoms with van der Waals surface area (Å²) in [5, 5.41) is 0. The van der Waals surface area contributed by atoms with Gasteiger partial charge in [-0.2, -0.15) is 0 Å². The van der Waals surface area contributed by atoms with E-state index in [1.807, 2.05) is 0 Å². The van der Waals surface area contributed by atoms with E-state index in [9.17, 15) is 9.59 Å². The highest BCUT2D eigenvalue weighted by Crippen LogP contribution is 2.67. The lowest BCUT2D eigenvalue weighted by atomic mass is 9.47. The highest BCUT2D eigenvalue weighted by atomic mass is 16.5. The Morgan fingerprint density at radius 2 is 2.00 bits per heavy atom. The van der Waals surface area contributed by atoms with Crippen LogP contribution in [0.15, 0.2) is 11.6 Å². The molecule has 8 atom stereocenters. The topological polar surface area (TPSA) is 43.4 Å². The van der Waals surface area contributed by atoms with Crippen LogP contribution in [0.5, 0.6) is 0 Å². The average molecular weight is 401 g/mol. The summed E-state index contributed by atoms with van der Waals surface area (Å²) in [6.45, 7) is 9.03. The van der Waals surface area contributed by atoms with Crippen molar-refractivity contribution in [2.75, 3.05) is 0 Å². The second-order valence-corrected chi connectivity index (χ2v) is 11.2. The Morgan fingerprint density at radius 1 is 1.21 bits per heavy atom. The summed E-state index contributed by atoms with van der Waals surface area (Å²) in [6.07, 6.45) is 15.3. The van der Waals surface area contributed by atoms with Gasteiger partial charge in [-0.15, -0.1) is 0 Å². The van der Waals surface area contributed by atoms with Crippen LogP contribution in [0.2, 0.25) is 0 Å². The SMILES string of the molecule is CC(=O)OC1CCC2(C)C(=CCC3C2CCC2(C)C(C(C)CCC=O)CCC32)C1. The average Bonchev–Trinajstić information content (AvgIpc) is 3.03. The predicted octanol–water partition coefficient (Wildman–Crippen LogP) is 6.11. The number of aldehydes is 1. The molecule has 0 amide bonds. The van der Waals surface area contributed by atoms with Crippen molar-refractivity contribution in [1.82, 2.24) is 0 Å². The van der Waals surface area contributed by atoms with Gasteiger partial charge in [-0.3, -0.25) is 4.79 Å². The Kier molecular flexibility index (Phi) is 5.72. The zero-order chi connectivity index (χ0) is 20.8. The molecule has 3 fully saturated rings. The largest absolute Gasteiger partial charge is 0.462 e. The molecule has 8 unspecified atom stereocenters. The monoisotopic (exact) mass is 400 g/mol. The molecule has 4 aliphatic carbocycles. The Balaban J connectivity index is 1.52. The van der Waals surface area contributed by atoms with Crippen molar-refractivity contribution in [3.63, 3.8) is 0 Å². The molecular weight excluding hydrogens is 360 g/mol. The molecule has 4 aliphatic rings. The summed E-state index contributed by atoms with van der Waals surface area (Å²) >= 11 is 0. The predicted molar refractivity (Wildman–Crippen MR) is 115 cm³/mol. The number of hydrogen-bond donors (Lipinski definition) is 0. The van der Waals surface area contributed by atoms with E-state index in [0.717, 1.165) is 55.6 Å². The molecule has 0 aliphatic heterocycles. The molecule has 0 aromatic rings. The molecule has 0 spiro atoms. The van der Waals surface area contributed by atoms with Crippen molar-refractivity contribution in [3.8, 4) is 0 Å². The standard InChI is InChI=1S/C26H40O3/c1-17(6-5-15-27)22-9-10-23-21-8-7-19-16-20(29-18(2)28)11-13-25(19,3)24(21)12-14-26(22,23)4/h7,15,17,20-24H,5-6,8-14,16H2,1-4H3. The zero-order valence-corrected chi connectivity index (χ0v) is 18.9. The molecule has 4 rings (SSSR count). The van der Waals surface area contributed by atoms with Gasteiger partial charge in [0, 0.05) is 19.8 Å². The minimum absolute atomic E-state index is 0.0896. The third-order valence-corrected chi connectivity index (χ3v) is 9.89. The maximum Gasteiger partial charge on any atom is 0.302 e. The smallest absolute Gasteiger partial charge is 0.302 e. The van der Waals surface area contributed by atoms with Gasteiger partial charge in [0.05, 0.1) is 0 Å². The lowest BCUT2D eigenvalue weighted by Crippen LogP contribution is -2.51. The lowest BCUT2D eigenvalue weighted by molar-refractivity contribution is -0.148. The van der Waals surface area contributed by atoms with Crippen LogP contribution in [0.4, 0.5) is 0 Å². The minimum atomic E-state index is -0.137. The number of carbonyl (C=O) groups excluding carboxylic acids is 2. The Hall–Kier alpha value is -1.12. The van der Waals surface area contributed by atoms with E-state index in [-0.39, 0.29) is 12.1 Å². The highest BCUT2D eigenvalue weighted by molar-refractivity contribution is 5.66. The molecule has 3 nitrogen and oxygen atoms in total. The summed E-state index contributed by atoms with van der Waals surface area (Å²) in [4.78, 5) is 22.3. The molecule has 29 heavy (non-hydrogen) atoms. The fraction of sp³-hybridized carbons (Fsp3) is 0.846. The molecule has 0 bridgehead atoms. The molecule has 0 aromatic heterocycles. The molecule has 0 saturated heterocycles. The highest BCUT2D eigenvalue weighted by Gasteiger charge is 2.59. The first-order valence-electron chi connectivity index (χ1n) is 12.1. The van der Waals surface area contributed by atoms with E-state index >= 15 is 0 Å². The maximum atomic E-state index is 11.4. The lowest BCUT2D eigenvalue weighted by Gasteiger charge is -2.58. The van der Waals surface area contributed by atoms with Crippen molar-refractivity contribution >= 4 is 12.3 Å².